The number of guanidine groups is 1. The van der Waals surface area contributed by atoms with Crippen molar-refractivity contribution in [1.29, 1.82) is 0 Å². The van der Waals surface area contributed by atoms with Crippen molar-refractivity contribution >= 4 is 29.9 Å². The fourth-order valence-corrected chi connectivity index (χ4v) is 2.29. The minimum absolute atomic E-state index is 0. The highest BCUT2D eigenvalue weighted by Gasteiger charge is 2.06. The number of aliphatic imine (C=N–C) groups is 1. The molecular formula is C17H39IN4O2. The van der Waals surface area contributed by atoms with Crippen LogP contribution in [0, 0.1) is 0 Å². The average molecular weight is 458 g/mol. The normalized spacial score (nSPS) is 12.8. The van der Waals surface area contributed by atoms with Crippen molar-refractivity contribution in [3.05, 3.63) is 0 Å². The molecule has 2 N–H and O–H groups in total. The van der Waals surface area contributed by atoms with Crippen LogP contribution in [0.1, 0.15) is 40.0 Å². The molecule has 0 aliphatic heterocycles. The Labute approximate surface area is 166 Å². The van der Waals surface area contributed by atoms with Crippen molar-refractivity contribution in [2.75, 3.05) is 60.2 Å². The van der Waals surface area contributed by atoms with Crippen molar-refractivity contribution in [2.45, 2.75) is 46.1 Å². The molecule has 0 amide bonds. The summed E-state index contributed by atoms with van der Waals surface area (Å²) in [5.74, 6) is 0.872. The number of hydrogen-bond acceptors (Lipinski definition) is 4. The lowest BCUT2D eigenvalue weighted by atomic mass is 10.2. The highest BCUT2D eigenvalue weighted by atomic mass is 127. The predicted octanol–water partition coefficient (Wildman–Crippen LogP) is 2.33. The van der Waals surface area contributed by atoms with Crippen LogP contribution in [0.2, 0.25) is 0 Å². The number of rotatable bonds is 14. The van der Waals surface area contributed by atoms with E-state index in [0.29, 0.717) is 19.3 Å². The first-order valence-electron chi connectivity index (χ1n) is 8.94. The third-order valence-electron chi connectivity index (χ3n) is 3.80. The molecule has 0 aromatic heterocycles. The van der Waals surface area contributed by atoms with Gasteiger partial charge in [0.1, 0.15) is 0 Å². The molecule has 0 spiro atoms. The maximum absolute atomic E-state index is 5.44. The second-order valence-electron chi connectivity index (χ2n) is 5.67. The number of methoxy groups -OCH3 is 1. The van der Waals surface area contributed by atoms with Crippen LogP contribution in [-0.4, -0.2) is 77.1 Å². The highest BCUT2D eigenvalue weighted by Crippen LogP contribution is 1.99. The van der Waals surface area contributed by atoms with Crippen LogP contribution in [0.5, 0.6) is 0 Å². The standard InChI is InChI=1S/C17H38N4O2.HI/c1-6-21(7-2)12-8-10-16(3)20-17(18-4)19-11-9-13-23-15-14-22-5;/h16H,6-15H2,1-5H3,(H2,18,19,20);1H. The van der Waals surface area contributed by atoms with Crippen LogP contribution in [-0.2, 0) is 9.47 Å². The Hall–Kier alpha value is -0.120. The lowest BCUT2D eigenvalue weighted by molar-refractivity contribution is 0.0698. The quantitative estimate of drug-likeness (QED) is 0.181. The van der Waals surface area contributed by atoms with Gasteiger partial charge in [-0.1, -0.05) is 13.8 Å². The summed E-state index contributed by atoms with van der Waals surface area (Å²) < 4.78 is 10.4. The maximum Gasteiger partial charge on any atom is 0.191 e. The third-order valence-corrected chi connectivity index (χ3v) is 3.80. The highest BCUT2D eigenvalue weighted by molar-refractivity contribution is 14.0. The van der Waals surface area contributed by atoms with Gasteiger partial charge in [-0.05, 0) is 45.8 Å². The van der Waals surface area contributed by atoms with E-state index < -0.39 is 0 Å². The van der Waals surface area contributed by atoms with Gasteiger partial charge in [-0.3, -0.25) is 4.99 Å². The zero-order valence-corrected chi connectivity index (χ0v) is 18.6. The van der Waals surface area contributed by atoms with Gasteiger partial charge in [0, 0.05) is 33.4 Å². The Morgan fingerprint density at radius 3 is 2.42 bits per heavy atom. The smallest absolute Gasteiger partial charge is 0.191 e. The Kier molecular flexibility index (Phi) is 20.9. The number of nitrogens with one attached hydrogen (secondary N) is 2. The van der Waals surface area contributed by atoms with E-state index in [4.69, 9.17) is 9.47 Å². The second-order valence-corrected chi connectivity index (χ2v) is 5.67. The van der Waals surface area contributed by atoms with Gasteiger partial charge in [0.2, 0.25) is 0 Å². The summed E-state index contributed by atoms with van der Waals surface area (Å²) >= 11 is 0. The molecule has 1 unspecified atom stereocenters. The van der Waals surface area contributed by atoms with Crippen molar-refractivity contribution < 1.29 is 9.47 Å². The van der Waals surface area contributed by atoms with E-state index in [1.807, 2.05) is 7.05 Å². The van der Waals surface area contributed by atoms with Crippen LogP contribution in [0.4, 0.5) is 0 Å². The Morgan fingerprint density at radius 1 is 1.12 bits per heavy atom. The minimum atomic E-state index is 0. The molecule has 0 rings (SSSR count). The fraction of sp³-hybridized carbons (Fsp3) is 0.941. The SMILES string of the molecule is CCN(CC)CCCC(C)NC(=NC)NCCCOCCOC.I. The molecule has 0 fully saturated rings. The molecule has 0 aromatic rings. The molecule has 24 heavy (non-hydrogen) atoms. The van der Waals surface area contributed by atoms with Gasteiger partial charge in [0.15, 0.2) is 5.96 Å². The number of ether oxygens (including phenoxy) is 2. The summed E-state index contributed by atoms with van der Waals surface area (Å²) in [6, 6.07) is 0.426. The van der Waals surface area contributed by atoms with Crippen LogP contribution in [0.15, 0.2) is 4.99 Å². The summed E-state index contributed by atoms with van der Waals surface area (Å²) in [6.07, 6.45) is 3.32. The largest absolute Gasteiger partial charge is 0.382 e. The molecule has 0 radical (unpaired) electrons. The summed E-state index contributed by atoms with van der Waals surface area (Å²) in [6.45, 7) is 13.0. The van der Waals surface area contributed by atoms with E-state index in [1.54, 1.807) is 7.11 Å². The van der Waals surface area contributed by atoms with E-state index in [2.05, 4.69) is 41.3 Å². The van der Waals surface area contributed by atoms with Crippen LogP contribution in [0.25, 0.3) is 0 Å². The van der Waals surface area contributed by atoms with E-state index in [0.717, 1.165) is 45.0 Å². The number of hydrogen-bond donors (Lipinski definition) is 2. The molecule has 1 atom stereocenters. The van der Waals surface area contributed by atoms with Gasteiger partial charge < -0.3 is 25.0 Å². The van der Waals surface area contributed by atoms with E-state index >= 15 is 0 Å². The van der Waals surface area contributed by atoms with E-state index in [1.165, 1.54) is 13.0 Å². The molecule has 0 aromatic carbocycles. The summed E-state index contributed by atoms with van der Waals surface area (Å²) in [4.78, 5) is 6.74. The Morgan fingerprint density at radius 2 is 1.83 bits per heavy atom. The van der Waals surface area contributed by atoms with Crippen molar-refractivity contribution in [2.24, 2.45) is 4.99 Å². The molecule has 0 saturated heterocycles. The summed E-state index contributed by atoms with van der Waals surface area (Å²) in [5.41, 5.74) is 0. The Bertz CT molecular complexity index is 290. The molecule has 6 nitrogen and oxygen atoms in total. The lowest BCUT2D eigenvalue weighted by Gasteiger charge is -2.21. The van der Waals surface area contributed by atoms with Crippen molar-refractivity contribution in [1.82, 2.24) is 15.5 Å². The predicted molar refractivity (Wildman–Crippen MR) is 114 cm³/mol. The first kappa shape index (κ1) is 26.1. The molecule has 7 heteroatoms. The zero-order chi connectivity index (χ0) is 17.3. The van der Waals surface area contributed by atoms with E-state index in [9.17, 15) is 0 Å². The first-order valence-corrected chi connectivity index (χ1v) is 8.94. The van der Waals surface area contributed by atoms with E-state index in [-0.39, 0.29) is 24.0 Å². The molecule has 0 heterocycles. The monoisotopic (exact) mass is 458 g/mol. The average Bonchev–Trinajstić information content (AvgIpc) is 2.56. The lowest BCUT2D eigenvalue weighted by Crippen LogP contribution is -2.43. The van der Waals surface area contributed by atoms with Crippen LogP contribution < -0.4 is 10.6 Å². The topological polar surface area (TPSA) is 58.1 Å². The van der Waals surface area contributed by atoms with Gasteiger partial charge in [-0.15, -0.1) is 24.0 Å². The summed E-state index contributed by atoms with van der Waals surface area (Å²) in [5, 5.41) is 6.78. The molecule has 0 aliphatic carbocycles. The molecule has 146 valence electrons. The van der Waals surface area contributed by atoms with Crippen LogP contribution >= 0.6 is 24.0 Å². The maximum atomic E-state index is 5.44. The summed E-state index contributed by atoms with van der Waals surface area (Å²) in [7, 11) is 3.50. The Balaban J connectivity index is 0. The molecule has 0 saturated carbocycles. The van der Waals surface area contributed by atoms with Gasteiger partial charge in [-0.2, -0.15) is 0 Å². The zero-order valence-electron chi connectivity index (χ0n) is 16.3. The van der Waals surface area contributed by atoms with Gasteiger partial charge in [0.25, 0.3) is 0 Å². The number of nitrogens with zero attached hydrogens (tertiary/aromatic N) is 2. The fourth-order valence-electron chi connectivity index (χ4n) is 2.29. The third kappa shape index (κ3) is 15.4. The number of halogens is 1. The van der Waals surface area contributed by atoms with Gasteiger partial charge in [0.05, 0.1) is 13.2 Å². The second kappa shape index (κ2) is 19.2. The van der Waals surface area contributed by atoms with Crippen molar-refractivity contribution in [3.8, 4) is 0 Å². The van der Waals surface area contributed by atoms with Crippen molar-refractivity contribution in [3.63, 3.8) is 0 Å². The molecular weight excluding hydrogens is 419 g/mol. The minimum Gasteiger partial charge on any atom is -0.382 e. The van der Waals surface area contributed by atoms with Gasteiger partial charge >= 0.3 is 0 Å². The first-order chi connectivity index (χ1) is 11.2. The molecule has 0 bridgehead atoms. The van der Waals surface area contributed by atoms with Crippen LogP contribution in [0.3, 0.4) is 0 Å². The molecule has 0 aliphatic rings. The van der Waals surface area contributed by atoms with Gasteiger partial charge in [-0.25, -0.2) is 0 Å².